The van der Waals surface area contributed by atoms with E-state index in [9.17, 15) is 0 Å². The number of nitrogens with zero attached hydrogens (tertiary/aromatic N) is 3. The molecule has 0 saturated carbocycles. The molecule has 0 fully saturated rings. The number of methoxy groups -OCH3 is 1. The van der Waals surface area contributed by atoms with E-state index in [-0.39, 0.29) is 6.04 Å². The van der Waals surface area contributed by atoms with E-state index in [1.54, 1.807) is 25.1 Å². The minimum absolute atomic E-state index is 0.120. The van der Waals surface area contributed by atoms with Crippen LogP contribution in [0.3, 0.4) is 0 Å². The van der Waals surface area contributed by atoms with Gasteiger partial charge in [0.05, 0.1) is 31.2 Å². The number of nitrogens with one attached hydrogen (secondary N) is 1. The van der Waals surface area contributed by atoms with Crippen LogP contribution in [0, 0.1) is 13.8 Å². The summed E-state index contributed by atoms with van der Waals surface area (Å²) in [4.78, 5) is 4.57. The van der Waals surface area contributed by atoms with Crippen molar-refractivity contribution in [1.82, 2.24) is 9.99 Å². The van der Waals surface area contributed by atoms with Gasteiger partial charge in [-0.15, -0.1) is 0 Å². The molecule has 1 atom stereocenters. The Morgan fingerprint density at radius 3 is 2.96 bits per heavy atom. The van der Waals surface area contributed by atoms with Crippen molar-refractivity contribution in [3.63, 3.8) is 0 Å². The highest BCUT2D eigenvalue weighted by atomic mass is 32.2. The first-order chi connectivity index (χ1) is 12.1. The third kappa shape index (κ3) is 4.16. The molecule has 0 radical (unpaired) electrons. The number of aromatic nitrogens is 1. The monoisotopic (exact) mass is 360 g/mol. The molecule has 3 heterocycles. The van der Waals surface area contributed by atoms with E-state index in [2.05, 4.69) is 40.0 Å². The maximum atomic E-state index is 5.48. The highest BCUT2D eigenvalue weighted by Crippen LogP contribution is 2.22. The Labute approximate surface area is 152 Å². The predicted molar refractivity (Wildman–Crippen MR) is 103 cm³/mol. The number of hydrogen-bond acceptors (Lipinski definition) is 5. The van der Waals surface area contributed by atoms with Gasteiger partial charge in [0, 0.05) is 29.8 Å². The van der Waals surface area contributed by atoms with E-state index >= 15 is 0 Å². The highest BCUT2D eigenvalue weighted by molar-refractivity contribution is 8.14. The zero-order valence-corrected chi connectivity index (χ0v) is 15.9. The number of hydrogen-bond donors (Lipinski definition) is 1. The molecule has 0 saturated heterocycles. The summed E-state index contributed by atoms with van der Waals surface area (Å²) in [5, 5.41) is 5.39. The fourth-order valence-corrected chi connectivity index (χ4v) is 3.75. The summed E-state index contributed by atoms with van der Waals surface area (Å²) in [6, 6.07) is 6.23. The lowest BCUT2D eigenvalue weighted by Gasteiger charge is -2.16. The van der Waals surface area contributed by atoms with Gasteiger partial charge in [0.25, 0.3) is 0 Å². The minimum Gasteiger partial charge on any atom is -0.467 e. The Morgan fingerprint density at radius 1 is 1.48 bits per heavy atom. The Morgan fingerprint density at radius 2 is 2.32 bits per heavy atom. The van der Waals surface area contributed by atoms with E-state index in [0.29, 0.717) is 6.61 Å². The molecule has 134 valence electrons. The third-order valence-corrected chi connectivity index (χ3v) is 5.04. The zero-order valence-electron chi connectivity index (χ0n) is 15.1. The number of aryl methyl sites for hydroxylation is 1. The van der Waals surface area contributed by atoms with Gasteiger partial charge in [0.15, 0.2) is 5.17 Å². The van der Waals surface area contributed by atoms with Crippen molar-refractivity contribution >= 4 is 22.6 Å². The molecule has 1 N–H and O–H groups in total. The van der Waals surface area contributed by atoms with E-state index < -0.39 is 0 Å². The maximum Gasteiger partial charge on any atom is 0.177 e. The van der Waals surface area contributed by atoms with Gasteiger partial charge in [-0.05, 0) is 39.0 Å². The maximum absolute atomic E-state index is 5.48. The lowest BCUT2D eigenvalue weighted by molar-refractivity contribution is 0.186. The van der Waals surface area contributed by atoms with Crippen LogP contribution in [-0.2, 0) is 11.3 Å². The minimum atomic E-state index is 0.120. The van der Waals surface area contributed by atoms with E-state index in [1.807, 2.05) is 19.1 Å². The van der Waals surface area contributed by atoms with Gasteiger partial charge in [0.1, 0.15) is 5.76 Å². The summed E-state index contributed by atoms with van der Waals surface area (Å²) in [6.45, 7) is 7.61. The lowest BCUT2D eigenvalue weighted by Crippen LogP contribution is -2.27. The van der Waals surface area contributed by atoms with Crippen LogP contribution in [0.25, 0.3) is 0 Å². The molecule has 25 heavy (non-hydrogen) atoms. The van der Waals surface area contributed by atoms with Crippen molar-refractivity contribution in [1.29, 1.82) is 0 Å². The molecule has 6 nitrogen and oxygen atoms in total. The van der Waals surface area contributed by atoms with Crippen LogP contribution in [-0.4, -0.2) is 41.0 Å². The lowest BCUT2D eigenvalue weighted by atomic mass is 10.1. The van der Waals surface area contributed by atoms with Crippen LogP contribution < -0.4 is 5.43 Å². The summed E-state index contributed by atoms with van der Waals surface area (Å²) in [7, 11) is 1.69. The smallest absolute Gasteiger partial charge is 0.177 e. The Balaban J connectivity index is 1.76. The topological polar surface area (TPSA) is 64.0 Å². The Hall–Kier alpha value is -1.99. The van der Waals surface area contributed by atoms with Crippen LogP contribution in [0.1, 0.15) is 29.6 Å². The number of thioether (sulfide) groups is 1. The molecule has 0 aromatic carbocycles. The number of hydrazone groups is 1. The average molecular weight is 360 g/mol. The molecule has 0 spiro atoms. The van der Waals surface area contributed by atoms with Gasteiger partial charge < -0.3 is 13.7 Å². The molecular weight excluding hydrogens is 336 g/mol. The van der Waals surface area contributed by atoms with Crippen molar-refractivity contribution in [2.45, 2.75) is 33.4 Å². The zero-order chi connectivity index (χ0) is 17.8. The quantitative estimate of drug-likeness (QED) is 0.859. The molecule has 2 aromatic heterocycles. The van der Waals surface area contributed by atoms with E-state index in [0.717, 1.165) is 28.9 Å². The van der Waals surface area contributed by atoms with Gasteiger partial charge in [-0.2, -0.15) is 5.10 Å². The van der Waals surface area contributed by atoms with Gasteiger partial charge >= 0.3 is 0 Å². The highest BCUT2D eigenvalue weighted by Gasteiger charge is 2.19. The summed E-state index contributed by atoms with van der Waals surface area (Å²) in [5.41, 5.74) is 7.69. The van der Waals surface area contributed by atoms with Gasteiger partial charge in [-0.25, -0.2) is 0 Å². The summed E-state index contributed by atoms with van der Waals surface area (Å²) in [5.74, 6) is 1.75. The van der Waals surface area contributed by atoms with Crippen molar-refractivity contribution < 1.29 is 9.15 Å². The molecule has 1 aliphatic heterocycles. The van der Waals surface area contributed by atoms with Crippen molar-refractivity contribution in [3.05, 3.63) is 47.2 Å². The normalized spacial score (nSPS) is 17.4. The van der Waals surface area contributed by atoms with Crippen LogP contribution in [0.4, 0.5) is 0 Å². The average Bonchev–Trinajstić information content (AvgIpc) is 3.20. The molecule has 0 unspecified atom stereocenters. The fourth-order valence-electron chi connectivity index (χ4n) is 2.89. The predicted octanol–water partition coefficient (Wildman–Crippen LogP) is 3.18. The van der Waals surface area contributed by atoms with Crippen LogP contribution >= 0.6 is 11.8 Å². The summed E-state index contributed by atoms with van der Waals surface area (Å²) < 4.78 is 12.9. The molecular formula is C18H24N4O2S. The van der Waals surface area contributed by atoms with Crippen molar-refractivity contribution in [2.24, 2.45) is 10.1 Å². The molecule has 1 aliphatic rings. The molecule has 0 bridgehead atoms. The molecule has 3 rings (SSSR count). The Bertz CT molecular complexity index is 777. The second-order valence-electron chi connectivity index (χ2n) is 6.15. The van der Waals surface area contributed by atoms with Crippen molar-refractivity contribution in [3.8, 4) is 0 Å². The standard InChI is InChI=1S/C18H24N4O2S/c1-12(10-23-4)19-18-21-20-17(11-25-18)16-8-13(2)22(14(16)3)9-15-6-5-7-24-15/h5-8,12H,9-11H2,1-4H3,(H,19,21)/t12-/m0/s1. The van der Waals surface area contributed by atoms with Gasteiger partial charge in [-0.1, -0.05) is 11.8 Å². The first-order valence-corrected chi connectivity index (χ1v) is 9.28. The Kier molecular flexibility index (Phi) is 5.65. The van der Waals surface area contributed by atoms with E-state index in [1.165, 1.54) is 17.0 Å². The summed E-state index contributed by atoms with van der Waals surface area (Å²) >= 11 is 1.67. The second-order valence-corrected chi connectivity index (χ2v) is 7.11. The third-order valence-electron chi connectivity index (χ3n) is 4.16. The first-order valence-electron chi connectivity index (χ1n) is 8.30. The van der Waals surface area contributed by atoms with E-state index in [4.69, 9.17) is 9.15 Å². The summed E-state index contributed by atoms with van der Waals surface area (Å²) in [6.07, 6.45) is 1.71. The number of aliphatic imine (C=N–C) groups is 1. The number of rotatable bonds is 6. The number of ether oxygens (including phenoxy) is 1. The second kappa shape index (κ2) is 7.93. The van der Waals surface area contributed by atoms with Gasteiger partial charge in [-0.3, -0.25) is 10.4 Å². The van der Waals surface area contributed by atoms with Gasteiger partial charge in [0.2, 0.25) is 0 Å². The largest absolute Gasteiger partial charge is 0.467 e. The van der Waals surface area contributed by atoms with Crippen LogP contribution in [0.15, 0.2) is 39.0 Å². The van der Waals surface area contributed by atoms with Crippen LogP contribution in [0.5, 0.6) is 0 Å². The van der Waals surface area contributed by atoms with Crippen molar-refractivity contribution in [2.75, 3.05) is 19.5 Å². The SMILES string of the molecule is COC[C@H](C)N=C1NN=C(c2cc(C)n(Cc3ccco3)c2C)CS1. The first kappa shape index (κ1) is 17.8. The molecule has 2 aromatic rings. The van der Waals surface area contributed by atoms with Crippen LogP contribution in [0.2, 0.25) is 0 Å². The molecule has 0 amide bonds. The molecule has 7 heteroatoms. The fraction of sp³-hybridized carbons (Fsp3) is 0.444. The number of furan rings is 1. The molecule has 0 aliphatic carbocycles. The number of amidine groups is 1.